The van der Waals surface area contributed by atoms with Crippen molar-refractivity contribution >= 4 is 23.6 Å². The Hall–Kier alpha value is -1.89. The summed E-state index contributed by atoms with van der Waals surface area (Å²) >= 11 is 1.62. The second-order valence-corrected chi connectivity index (χ2v) is 6.94. The van der Waals surface area contributed by atoms with E-state index in [1.807, 2.05) is 12.1 Å². The van der Waals surface area contributed by atoms with Crippen LogP contribution in [0, 0.1) is 0 Å². The van der Waals surface area contributed by atoms with Crippen molar-refractivity contribution in [3.05, 3.63) is 23.3 Å². The van der Waals surface area contributed by atoms with Gasteiger partial charge in [-0.05, 0) is 12.5 Å². The predicted molar refractivity (Wildman–Crippen MR) is 92.6 cm³/mol. The number of carbonyl (C=O) groups excluding carboxylic acids is 2. The Morgan fingerprint density at radius 1 is 1.38 bits per heavy atom. The molecule has 0 bridgehead atoms. The molecule has 0 spiro atoms. The molecule has 2 aliphatic heterocycles. The van der Waals surface area contributed by atoms with E-state index in [1.165, 1.54) is 7.11 Å². The quantitative estimate of drug-likeness (QED) is 0.797. The molecule has 2 heterocycles. The average Bonchev–Trinajstić information content (AvgIpc) is 3.14. The summed E-state index contributed by atoms with van der Waals surface area (Å²) in [6.45, 7) is 2.72. The second-order valence-electron chi connectivity index (χ2n) is 5.82. The molecule has 3 rings (SSSR count). The van der Waals surface area contributed by atoms with Gasteiger partial charge in [-0.1, -0.05) is 19.4 Å². The van der Waals surface area contributed by atoms with Gasteiger partial charge in [-0.25, -0.2) is 0 Å². The van der Waals surface area contributed by atoms with Crippen molar-refractivity contribution in [1.29, 1.82) is 0 Å². The molecule has 1 saturated heterocycles. The van der Waals surface area contributed by atoms with E-state index < -0.39 is 6.04 Å². The third-order valence-electron chi connectivity index (χ3n) is 4.42. The highest BCUT2D eigenvalue weighted by Crippen LogP contribution is 2.52. The summed E-state index contributed by atoms with van der Waals surface area (Å²) in [7, 11) is 3.07. The molecule has 0 aromatic heterocycles. The maximum Gasteiger partial charge on any atom is 0.260 e. The number of fused-ring (bicyclic) bond motifs is 3. The summed E-state index contributed by atoms with van der Waals surface area (Å²) in [4.78, 5) is 27.1. The number of nitrogens with zero attached hydrogens (tertiary/aromatic N) is 1. The number of hydrogen-bond donors (Lipinski definition) is 1. The van der Waals surface area contributed by atoms with Gasteiger partial charge in [0.05, 0.1) is 19.8 Å². The van der Waals surface area contributed by atoms with Crippen LogP contribution in [-0.4, -0.2) is 49.3 Å². The first-order chi connectivity index (χ1) is 11.6. The van der Waals surface area contributed by atoms with Crippen molar-refractivity contribution in [3.8, 4) is 11.5 Å². The summed E-state index contributed by atoms with van der Waals surface area (Å²) < 4.78 is 10.7. The Labute approximate surface area is 145 Å². The molecule has 0 aliphatic carbocycles. The number of nitrogens with one attached hydrogen (secondary N) is 1. The third-order valence-corrected chi connectivity index (χ3v) is 5.73. The number of methoxy groups -OCH3 is 2. The summed E-state index contributed by atoms with van der Waals surface area (Å²) in [6, 6.07) is 3.26. The average molecular weight is 350 g/mol. The molecule has 0 radical (unpaired) electrons. The van der Waals surface area contributed by atoms with E-state index in [1.54, 1.807) is 23.8 Å². The van der Waals surface area contributed by atoms with E-state index in [2.05, 4.69) is 12.2 Å². The highest BCUT2D eigenvalue weighted by atomic mass is 32.2. The Bertz CT molecular complexity index is 664. The van der Waals surface area contributed by atoms with Gasteiger partial charge in [0.15, 0.2) is 11.5 Å². The lowest BCUT2D eigenvalue weighted by atomic mass is 10.1. The molecule has 0 saturated carbocycles. The zero-order valence-corrected chi connectivity index (χ0v) is 14.9. The largest absolute Gasteiger partial charge is 0.493 e. The molecule has 2 atom stereocenters. The molecule has 6 nitrogen and oxygen atoms in total. The van der Waals surface area contributed by atoms with Gasteiger partial charge in [0, 0.05) is 17.9 Å². The van der Waals surface area contributed by atoms with Gasteiger partial charge < -0.3 is 19.7 Å². The zero-order valence-electron chi connectivity index (χ0n) is 14.1. The van der Waals surface area contributed by atoms with Crippen molar-refractivity contribution in [2.24, 2.45) is 0 Å². The minimum absolute atomic E-state index is 0.0782. The molecule has 1 aromatic rings. The van der Waals surface area contributed by atoms with E-state index in [0.29, 0.717) is 29.4 Å². The van der Waals surface area contributed by atoms with Crippen LogP contribution in [0.3, 0.4) is 0 Å². The monoisotopic (exact) mass is 350 g/mol. The number of amides is 2. The second kappa shape index (κ2) is 6.93. The van der Waals surface area contributed by atoms with Gasteiger partial charge in [0.2, 0.25) is 5.91 Å². The number of ether oxygens (including phenoxy) is 2. The van der Waals surface area contributed by atoms with E-state index in [4.69, 9.17) is 9.47 Å². The lowest BCUT2D eigenvalue weighted by Gasteiger charge is -2.22. The lowest BCUT2D eigenvalue weighted by Crippen LogP contribution is -2.46. The molecule has 1 aromatic carbocycles. The molecule has 2 aliphatic rings. The topological polar surface area (TPSA) is 67.9 Å². The standard InChI is InChI=1S/C17H22N2O4S/c1-4-5-8-18-15(20)11-9-24-17-10-6-7-12(22-2)14(23-3)13(10)16(21)19(11)17/h6-7,11,17H,4-5,8-9H2,1-3H3,(H,18,20)/t11-,17-/m1/s1. The van der Waals surface area contributed by atoms with Crippen LogP contribution in [-0.2, 0) is 4.79 Å². The molecule has 24 heavy (non-hydrogen) atoms. The van der Waals surface area contributed by atoms with Gasteiger partial charge in [0.1, 0.15) is 11.4 Å². The first-order valence-electron chi connectivity index (χ1n) is 8.10. The van der Waals surface area contributed by atoms with Crippen molar-refractivity contribution in [2.75, 3.05) is 26.5 Å². The predicted octanol–water partition coefficient (Wildman–Crippen LogP) is 2.19. The highest BCUT2D eigenvalue weighted by Gasteiger charge is 2.50. The zero-order chi connectivity index (χ0) is 17.3. The van der Waals surface area contributed by atoms with Crippen LogP contribution >= 0.6 is 11.8 Å². The van der Waals surface area contributed by atoms with Crippen LogP contribution in [0.5, 0.6) is 11.5 Å². The minimum Gasteiger partial charge on any atom is -0.493 e. The Balaban J connectivity index is 1.88. The molecule has 7 heteroatoms. The van der Waals surface area contributed by atoms with Gasteiger partial charge in [0.25, 0.3) is 5.91 Å². The Kier molecular flexibility index (Phi) is 4.89. The van der Waals surface area contributed by atoms with Crippen LogP contribution in [0.4, 0.5) is 0 Å². The molecule has 1 fully saturated rings. The summed E-state index contributed by atoms with van der Waals surface area (Å²) in [6.07, 6.45) is 1.96. The molecule has 2 amide bonds. The summed E-state index contributed by atoms with van der Waals surface area (Å²) in [5, 5.41) is 2.80. The van der Waals surface area contributed by atoms with E-state index in [0.717, 1.165) is 18.4 Å². The summed E-state index contributed by atoms with van der Waals surface area (Å²) in [5.41, 5.74) is 1.41. The SMILES string of the molecule is CCCCNC(=O)[C@H]1CS[C@@H]2c3ccc(OC)c(OC)c3C(=O)N12. The summed E-state index contributed by atoms with van der Waals surface area (Å²) in [5.74, 6) is 1.35. The minimum atomic E-state index is -0.438. The highest BCUT2D eigenvalue weighted by molar-refractivity contribution is 7.99. The smallest absolute Gasteiger partial charge is 0.260 e. The number of benzene rings is 1. The van der Waals surface area contributed by atoms with Crippen molar-refractivity contribution in [3.63, 3.8) is 0 Å². The van der Waals surface area contributed by atoms with Crippen LogP contribution in [0.15, 0.2) is 12.1 Å². The van der Waals surface area contributed by atoms with E-state index in [9.17, 15) is 9.59 Å². The fraction of sp³-hybridized carbons (Fsp3) is 0.529. The molecule has 0 unspecified atom stereocenters. The number of unbranched alkanes of at least 4 members (excludes halogenated alkanes) is 1. The molecular weight excluding hydrogens is 328 g/mol. The third kappa shape index (κ3) is 2.60. The van der Waals surface area contributed by atoms with Crippen molar-refractivity contribution in [2.45, 2.75) is 31.2 Å². The molecule has 130 valence electrons. The normalized spacial score (nSPS) is 21.5. The first kappa shape index (κ1) is 17.0. The van der Waals surface area contributed by atoms with Crippen LogP contribution in [0.2, 0.25) is 0 Å². The van der Waals surface area contributed by atoms with Crippen molar-refractivity contribution in [1.82, 2.24) is 10.2 Å². The van der Waals surface area contributed by atoms with Crippen LogP contribution < -0.4 is 14.8 Å². The van der Waals surface area contributed by atoms with E-state index >= 15 is 0 Å². The van der Waals surface area contributed by atoms with Gasteiger partial charge >= 0.3 is 0 Å². The van der Waals surface area contributed by atoms with Crippen LogP contribution in [0.25, 0.3) is 0 Å². The number of carbonyl (C=O) groups is 2. The number of thioether (sulfide) groups is 1. The number of hydrogen-bond acceptors (Lipinski definition) is 5. The Morgan fingerprint density at radius 2 is 2.17 bits per heavy atom. The maximum absolute atomic E-state index is 13.0. The van der Waals surface area contributed by atoms with E-state index in [-0.39, 0.29) is 17.2 Å². The Morgan fingerprint density at radius 3 is 2.83 bits per heavy atom. The molecule has 1 N–H and O–H groups in total. The first-order valence-corrected chi connectivity index (χ1v) is 9.15. The van der Waals surface area contributed by atoms with Crippen LogP contribution in [0.1, 0.15) is 41.1 Å². The maximum atomic E-state index is 13.0. The van der Waals surface area contributed by atoms with Crippen molar-refractivity contribution < 1.29 is 19.1 Å². The van der Waals surface area contributed by atoms with Gasteiger partial charge in [-0.15, -0.1) is 11.8 Å². The van der Waals surface area contributed by atoms with Gasteiger partial charge in [-0.3, -0.25) is 9.59 Å². The lowest BCUT2D eigenvalue weighted by molar-refractivity contribution is -0.124. The van der Waals surface area contributed by atoms with Gasteiger partial charge in [-0.2, -0.15) is 0 Å². The number of rotatable bonds is 6. The fourth-order valence-electron chi connectivity index (χ4n) is 3.20. The molecular formula is C17H22N2O4S. The fourth-order valence-corrected chi connectivity index (χ4v) is 4.66.